The number of hydrogen-bond acceptors (Lipinski definition) is 5. The first-order valence-corrected chi connectivity index (χ1v) is 10.2. The zero-order valence-corrected chi connectivity index (χ0v) is 16.2. The molecule has 0 radical (unpaired) electrons. The summed E-state index contributed by atoms with van der Waals surface area (Å²) >= 11 is 0. The largest absolute Gasteiger partial charge is 0.382 e. The zero-order valence-electron chi connectivity index (χ0n) is 16.2. The van der Waals surface area contributed by atoms with Gasteiger partial charge in [0.25, 0.3) is 5.91 Å². The third kappa shape index (κ3) is 4.81. The first-order valence-electron chi connectivity index (χ1n) is 10.2. The van der Waals surface area contributed by atoms with E-state index in [9.17, 15) is 4.79 Å². The maximum atomic E-state index is 12.6. The van der Waals surface area contributed by atoms with Crippen LogP contribution in [-0.2, 0) is 4.74 Å². The Hall–Kier alpha value is -2.60. The molecule has 1 amide bonds. The summed E-state index contributed by atoms with van der Waals surface area (Å²) in [6, 6.07) is 12.3. The maximum Gasteiger partial charge on any atom is 0.274 e. The molecule has 1 saturated heterocycles. The second-order valence-electron chi connectivity index (χ2n) is 7.51. The summed E-state index contributed by atoms with van der Waals surface area (Å²) in [5.74, 6) is -0.192. The van der Waals surface area contributed by atoms with Crippen molar-refractivity contribution >= 4 is 23.0 Å². The molecule has 1 aliphatic heterocycles. The fraction of sp³-hybridized carbons (Fsp3) is 0.455. The van der Waals surface area contributed by atoms with Crippen LogP contribution in [-0.4, -0.2) is 43.2 Å². The predicted molar refractivity (Wildman–Crippen MR) is 112 cm³/mol. The van der Waals surface area contributed by atoms with Crippen LogP contribution < -0.4 is 15.5 Å². The van der Waals surface area contributed by atoms with Crippen LogP contribution in [0.1, 0.15) is 42.6 Å². The van der Waals surface area contributed by atoms with Crippen LogP contribution in [0.5, 0.6) is 0 Å². The average molecular weight is 380 g/mol. The molecule has 6 nitrogen and oxygen atoms in total. The van der Waals surface area contributed by atoms with Crippen molar-refractivity contribution in [3.8, 4) is 0 Å². The molecule has 0 bridgehead atoms. The quantitative estimate of drug-likeness (QED) is 0.823. The fourth-order valence-electron chi connectivity index (χ4n) is 3.89. The second-order valence-corrected chi connectivity index (χ2v) is 7.51. The molecule has 1 saturated carbocycles. The van der Waals surface area contributed by atoms with Crippen molar-refractivity contribution < 1.29 is 9.53 Å². The number of hydrogen-bond donors (Lipinski definition) is 2. The number of rotatable bonds is 5. The van der Waals surface area contributed by atoms with Crippen molar-refractivity contribution in [2.24, 2.45) is 0 Å². The van der Waals surface area contributed by atoms with E-state index in [2.05, 4.69) is 20.5 Å². The van der Waals surface area contributed by atoms with E-state index in [0.717, 1.165) is 30.2 Å². The molecule has 28 heavy (non-hydrogen) atoms. The van der Waals surface area contributed by atoms with E-state index in [0.29, 0.717) is 24.9 Å². The van der Waals surface area contributed by atoms with Gasteiger partial charge in [0.05, 0.1) is 13.2 Å². The van der Waals surface area contributed by atoms with E-state index in [1.807, 2.05) is 36.4 Å². The van der Waals surface area contributed by atoms with Gasteiger partial charge in [-0.25, -0.2) is 0 Å². The number of carbonyl (C=O) groups is 1. The number of morpholine rings is 1. The summed E-state index contributed by atoms with van der Waals surface area (Å²) in [6.07, 6.45) is 8.14. The Morgan fingerprint density at radius 2 is 1.71 bits per heavy atom. The summed E-state index contributed by atoms with van der Waals surface area (Å²) in [4.78, 5) is 19.1. The molecule has 0 unspecified atom stereocenters. The molecule has 6 heteroatoms. The molecule has 1 aromatic carbocycles. The highest BCUT2D eigenvalue weighted by Gasteiger charge is 2.15. The summed E-state index contributed by atoms with van der Waals surface area (Å²) in [7, 11) is 0. The van der Waals surface area contributed by atoms with Crippen LogP contribution in [0.4, 0.5) is 17.1 Å². The molecule has 2 aliphatic rings. The van der Waals surface area contributed by atoms with Crippen LogP contribution in [0.15, 0.2) is 42.6 Å². The average Bonchev–Trinajstić information content (AvgIpc) is 2.76. The molecule has 2 heterocycles. The third-order valence-electron chi connectivity index (χ3n) is 5.47. The minimum Gasteiger partial charge on any atom is -0.382 e. The van der Waals surface area contributed by atoms with Crippen molar-refractivity contribution in [2.45, 2.75) is 38.1 Å². The SMILES string of the molecule is O=C(Nc1ccc(NC2CCCCC2)cc1)c1cc(N2CCOCC2)ccn1. The van der Waals surface area contributed by atoms with Crippen molar-refractivity contribution in [3.63, 3.8) is 0 Å². The van der Waals surface area contributed by atoms with Gasteiger partial charge in [0.2, 0.25) is 0 Å². The predicted octanol–water partition coefficient (Wildman–Crippen LogP) is 3.92. The van der Waals surface area contributed by atoms with E-state index < -0.39 is 0 Å². The summed E-state index contributed by atoms with van der Waals surface area (Å²) in [5.41, 5.74) is 3.32. The normalized spacial score (nSPS) is 17.9. The molecule has 2 fully saturated rings. The molecule has 0 atom stereocenters. The molecule has 148 valence electrons. The van der Waals surface area contributed by atoms with E-state index in [1.165, 1.54) is 32.1 Å². The summed E-state index contributed by atoms with van der Waals surface area (Å²) in [6.45, 7) is 3.09. The number of nitrogens with zero attached hydrogens (tertiary/aromatic N) is 2. The highest BCUT2D eigenvalue weighted by atomic mass is 16.5. The molecule has 4 rings (SSSR count). The molecule has 0 spiro atoms. The lowest BCUT2D eigenvalue weighted by Crippen LogP contribution is -2.36. The highest BCUT2D eigenvalue weighted by molar-refractivity contribution is 6.03. The molecule has 1 aliphatic carbocycles. The number of nitrogens with one attached hydrogen (secondary N) is 2. The fourth-order valence-corrected chi connectivity index (χ4v) is 3.89. The van der Waals surface area contributed by atoms with Gasteiger partial charge in [0.1, 0.15) is 5.69 Å². The van der Waals surface area contributed by atoms with E-state index in [4.69, 9.17) is 4.74 Å². The van der Waals surface area contributed by atoms with Crippen LogP contribution in [0, 0.1) is 0 Å². The first-order chi connectivity index (χ1) is 13.8. The number of pyridine rings is 1. The number of aromatic nitrogens is 1. The van der Waals surface area contributed by atoms with Gasteiger partial charge in [0.15, 0.2) is 0 Å². The summed E-state index contributed by atoms with van der Waals surface area (Å²) in [5, 5.41) is 6.54. The van der Waals surface area contributed by atoms with Crippen molar-refractivity contribution in [1.29, 1.82) is 0 Å². The van der Waals surface area contributed by atoms with Gasteiger partial charge in [0, 0.05) is 42.4 Å². The van der Waals surface area contributed by atoms with Gasteiger partial charge in [-0.15, -0.1) is 0 Å². The van der Waals surface area contributed by atoms with Gasteiger partial charge in [-0.05, 0) is 49.2 Å². The Morgan fingerprint density at radius 3 is 2.46 bits per heavy atom. The second kappa shape index (κ2) is 9.06. The third-order valence-corrected chi connectivity index (χ3v) is 5.47. The van der Waals surface area contributed by atoms with Crippen LogP contribution in [0.3, 0.4) is 0 Å². The maximum absolute atomic E-state index is 12.6. The summed E-state index contributed by atoms with van der Waals surface area (Å²) < 4.78 is 5.39. The Morgan fingerprint density at radius 1 is 1.00 bits per heavy atom. The first kappa shape index (κ1) is 18.7. The van der Waals surface area contributed by atoms with Gasteiger partial charge in [-0.2, -0.15) is 0 Å². The lowest BCUT2D eigenvalue weighted by Gasteiger charge is -2.28. The number of amides is 1. The van der Waals surface area contributed by atoms with Crippen LogP contribution in [0.2, 0.25) is 0 Å². The monoisotopic (exact) mass is 380 g/mol. The van der Waals surface area contributed by atoms with Crippen molar-refractivity contribution in [3.05, 3.63) is 48.3 Å². The number of benzene rings is 1. The Kier molecular flexibility index (Phi) is 6.07. The lowest BCUT2D eigenvalue weighted by molar-refractivity contribution is 0.102. The minimum absolute atomic E-state index is 0.192. The number of ether oxygens (including phenoxy) is 1. The van der Waals surface area contributed by atoms with E-state index in [-0.39, 0.29) is 5.91 Å². The smallest absolute Gasteiger partial charge is 0.274 e. The highest BCUT2D eigenvalue weighted by Crippen LogP contribution is 2.23. The van der Waals surface area contributed by atoms with Crippen LogP contribution in [0.25, 0.3) is 0 Å². The standard InChI is InChI=1S/C22H28N4O2/c27-22(21-16-20(10-11-23-21)26-12-14-28-15-13-26)25-19-8-6-18(7-9-19)24-17-4-2-1-3-5-17/h6-11,16-17,24H,1-5,12-15H2,(H,25,27). The zero-order chi connectivity index (χ0) is 19.2. The molecule has 2 aromatic rings. The lowest BCUT2D eigenvalue weighted by atomic mass is 9.95. The number of anilines is 3. The molecular weight excluding hydrogens is 352 g/mol. The van der Waals surface area contributed by atoms with Gasteiger partial charge >= 0.3 is 0 Å². The van der Waals surface area contributed by atoms with Crippen molar-refractivity contribution in [1.82, 2.24) is 4.98 Å². The number of carbonyl (C=O) groups excluding carboxylic acids is 1. The Bertz CT molecular complexity index is 781. The van der Waals surface area contributed by atoms with E-state index >= 15 is 0 Å². The Labute approximate surface area is 166 Å². The Balaban J connectivity index is 1.36. The van der Waals surface area contributed by atoms with Gasteiger partial charge in [-0.3, -0.25) is 9.78 Å². The minimum atomic E-state index is -0.192. The topological polar surface area (TPSA) is 66.5 Å². The van der Waals surface area contributed by atoms with Crippen LogP contribution >= 0.6 is 0 Å². The molecule has 2 N–H and O–H groups in total. The van der Waals surface area contributed by atoms with E-state index in [1.54, 1.807) is 6.20 Å². The molecule has 1 aromatic heterocycles. The van der Waals surface area contributed by atoms with Crippen molar-refractivity contribution in [2.75, 3.05) is 41.8 Å². The van der Waals surface area contributed by atoms with Gasteiger partial charge in [-0.1, -0.05) is 19.3 Å². The van der Waals surface area contributed by atoms with Gasteiger partial charge < -0.3 is 20.3 Å². The molecular formula is C22H28N4O2.